The first-order valence-electron chi connectivity index (χ1n) is 6.18. The van der Waals surface area contributed by atoms with Gasteiger partial charge in [-0.15, -0.1) is 0 Å². The summed E-state index contributed by atoms with van der Waals surface area (Å²) in [4.78, 5) is 13.8. The zero-order valence-corrected chi connectivity index (χ0v) is 10.5. The van der Waals surface area contributed by atoms with Gasteiger partial charge in [0.15, 0.2) is 17.4 Å². The predicted octanol–water partition coefficient (Wildman–Crippen LogP) is 1.33. The van der Waals surface area contributed by atoms with Gasteiger partial charge in [-0.1, -0.05) is 0 Å². The van der Waals surface area contributed by atoms with Crippen LogP contribution in [0.15, 0.2) is 12.1 Å². The molecule has 0 radical (unpaired) electrons. The van der Waals surface area contributed by atoms with Gasteiger partial charge in [0.2, 0.25) is 0 Å². The molecule has 19 heavy (non-hydrogen) atoms. The van der Waals surface area contributed by atoms with Crippen molar-refractivity contribution >= 4 is 11.5 Å². The number of nitrogens with zero attached hydrogens (tertiary/aromatic N) is 1. The van der Waals surface area contributed by atoms with Crippen LogP contribution < -0.4 is 10.6 Å². The molecule has 0 aliphatic carbocycles. The standard InChI is InChI=1S/C13H16F2N2O2/c14-10-7-9(13(18)1-2-16)12(8-11(10)15)17-3-5-19-6-4-17/h7-8H,1-6,16H2. The zero-order valence-electron chi connectivity index (χ0n) is 10.5. The lowest BCUT2D eigenvalue weighted by atomic mass is 10.0. The van der Waals surface area contributed by atoms with Gasteiger partial charge < -0.3 is 15.4 Å². The van der Waals surface area contributed by atoms with Crippen LogP contribution in [0.4, 0.5) is 14.5 Å². The van der Waals surface area contributed by atoms with E-state index in [0.717, 1.165) is 12.1 Å². The largest absolute Gasteiger partial charge is 0.378 e. The van der Waals surface area contributed by atoms with Gasteiger partial charge in [0.25, 0.3) is 0 Å². The Morgan fingerprint density at radius 1 is 1.26 bits per heavy atom. The van der Waals surface area contributed by atoms with Crippen molar-refractivity contribution in [1.29, 1.82) is 0 Å². The molecule has 1 aliphatic heterocycles. The van der Waals surface area contributed by atoms with E-state index in [9.17, 15) is 13.6 Å². The average Bonchev–Trinajstić information content (AvgIpc) is 2.42. The lowest BCUT2D eigenvalue weighted by molar-refractivity contribution is 0.0983. The molecule has 4 nitrogen and oxygen atoms in total. The van der Waals surface area contributed by atoms with Gasteiger partial charge in [0, 0.05) is 31.1 Å². The molecule has 1 saturated heterocycles. The summed E-state index contributed by atoms with van der Waals surface area (Å²) < 4.78 is 31.9. The van der Waals surface area contributed by atoms with Crippen LogP contribution in [0.2, 0.25) is 0 Å². The lowest BCUT2D eigenvalue weighted by Gasteiger charge is -2.30. The Hall–Kier alpha value is -1.53. The summed E-state index contributed by atoms with van der Waals surface area (Å²) in [6, 6.07) is 2.03. The number of ether oxygens (including phenoxy) is 1. The van der Waals surface area contributed by atoms with E-state index in [1.165, 1.54) is 0 Å². The molecule has 0 bridgehead atoms. The van der Waals surface area contributed by atoms with E-state index < -0.39 is 11.6 Å². The minimum atomic E-state index is -1.02. The molecule has 2 N–H and O–H groups in total. The number of halogens is 2. The third-order valence-electron chi connectivity index (χ3n) is 3.06. The number of ketones is 1. The maximum atomic E-state index is 13.4. The molecule has 0 atom stereocenters. The maximum Gasteiger partial charge on any atom is 0.166 e. The molecule has 104 valence electrons. The first-order chi connectivity index (χ1) is 9.13. The van der Waals surface area contributed by atoms with Crippen LogP contribution in [-0.4, -0.2) is 38.6 Å². The highest BCUT2D eigenvalue weighted by molar-refractivity contribution is 6.01. The van der Waals surface area contributed by atoms with Gasteiger partial charge in [-0.05, 0) is 12.6 Å². The fraction of sp³-hybridized carbons (Fsp3) is 0.462. The number of hydrogen-bond donors (Lipinski definition) is 1. The van der Waals surface area contributed by atoms with E-state index in [1.807, 2.05) is 4.90 Å². The van der Waals surface area contributed by atoms with E-state index in [0.29, 0.717) is 32.0 Å². The van der Waals surface area contributed by atoms with Crippen LogP contribution in [0.5, 0.6) is 0 Å². The molecule has 1 aromatic rings. The van der Waals surface area contributed by atoms with Crippen molar-refractivity contribution in [2.24, 2.45) is 5.73 Å². The molecule has 0 aromatic heterocycles. The summed E-state index contributed by atoms with van der Waals surface area (Å²) in [7, 11) is 0. The van der Waals surface area contributed by atoms with Gasteiger partial charge in [-0.25, -0.2) is 8.78 Å². The highest BCUT2D eigenvalue weighted by Crippen LogP contribution is 2.26. The molecule has 2 rings (SSSR count). The van der Waals surface area contributed by atoms with E-state index in [1.54, 1.807) is 0 Å². The van der Waals surface area contributed by atoms with Crippen molar-refractivity contribution in [1.82, 2.24) is 0 Å². The quantitative estimate of drug-likeness (QED) is 0.839. The fourth-order valence-corrected chi connectivity index (χ4v) is 2.09. The highest BCUT2D eigenvalue weighted by atomic mass is 19.2. The minimum Gasteiger partial charge on any atom is -0.378 e. The first-order valence-corrected chi connectivity index (χ1v) is 6.18. The monoisotopic (exact) mass is 270 g/mol. The number of hydrogen-bond acceptors (Lipinski definition) is 4. The molecule has 0 amide bonds. The second-order valence-electron chi connectivity index (χ2n) is 4.34. The summed E-state index contributed by atoms with van der Waals surface area (Å²) in [5.41, 5.74) is 5.94. The summed E-state index contributed by atoms with van der Waals surface area (Å²) in [6.07, 6.45) is 0.114. The number of carbonyl (C=O) groups excluding carboxylic acids is 1. The van der Waals surface area contributed by atoms with Gasteiger partial charge in [0.1, 0.15) is 0 Å². The minimum absolute atomic E-state index is 0.114. The van der Waals surface area contributed by atoms with Crippen LogP contribution in [0, 0.1) is 11.6 Å². The first kappa shape index (κ1) is 13.9. The average molecular weight is 270 g/mol. The van der Waals surface area contributed by atoms with Crippen LogP contribution in [0.1, 0.15) is 16.8 Å². The van der Waals surface area contributed by atoms with Crippen LogP contribution >= 0.6 is 0 Å². The fourth-order valence-electron chi connectivity index (χ4n) is 2.09. The normalized spacial score (nSPS) is 15.6. The topological polar surface area (TPSA) is 55.6 Å². The number of anilines is 1. The Balaban J connectivity index is 2.38. The number of rotatable bonds is 4. The van der Waals surface area contributed by atoms with Gasteiger partial charge >= 0.3 is 0 Å². The number of carbonyl (C=O) groups is 1. The van der Waals surface area contributed by atoms with Crippen molar-refractivity contribution in [3.63, 3.8) is 0 Å². The van der Waals surface area contributed by atoms with E-state index >= 15 is 0 Å². The molecule has 1 heterocycles. The molecular weight excluding hydrogens is 254 g/mol. The van der Waals surface area contributed by atoms with Crippen molar-refractivity contribution < 1.29 is 18.3 Å². The SMILES string of the molecule is NCCC(=O)c1cc(F)c(F)cc1N1CCOCC1. The second-order valence-corrected chi connectivity index (χ2v) is 4.34. The van der Waals surface area contributed by atoms with E-state index in [2.05, 4.69) is 0 Å². The van der Waals surface area contributed by atoms with E-state index in [-0.39, 0.29) is 24.3 Å². The van der Waals surface area contributed by atoms with Crippen molar-refractivity contribution in [2.45, 2.75) is 6.42 Å². The number of benzene rings is 1. The van der Waals surface area contributed by atoms with Crippen molar-refractivity contribution in [2.75, 3.05) is 37.7 Å². The Labute approximate surface area is 110 Å². The molecule has 6 heteroatoms. The Bertz CT molecular complexity index is 474. The van der Waals surface area contributed by atoms with Gasteiger partial charge in [-0.2, -0.15) is 0 Å². The second kappa shape index (κ2) is 6.08. The predicted molar refractivity (Wildman–Crippen MR) is 67.4 cm³/mol. The third kappa shape index (κ3) is 3.08. The van der Waals surface area contributed by atoms with Crippen LogP contribution in [0.3, 0.4) is 0 Å². The summed E-state index contributed by atoms with van der Waals surface area (Å²) in [6.45, 7) is 2.29. The molecule has 1 aliphatic rings. The van der Waals surface area contributed by atoms with Crippen molar-refractivity contribution in [3.05, 3.63) is 29.3 Å². The molecule has 1 fully saturated rings. The number of Topliss-reactive ketones (excluding diaryl/α,β-unsaturated/α-hetero) is 1. The molecule has 0 saturated carbocycles. The van der Waals surface area contributed by atoms with Crippen molar-refractivity contribution in [3.8, 4) is 0 Å². The van der Waals surface area contributed by atoms with E-state index in [4.69, 9.17) is 10.5 Å². The number of morpholine rings is 1. The number of nitrogens with two attached hydrogens (primary N) is 1. The zero-order chi connectivity index (χ0) is 13.8. The lowest BCUT2D eigenvalue weighted by Crippen LogP contribution is -2.37. The molecule has 0 spiro atoms. The molecule has 1 aromatic carbocycles. The van der Waals surface area contributed by atoms with Crippen LogP contribution in [0.25, 0.3) is 0 Å². The summed E-state index contributed by atoms with van der Waals surface area (Å²) in [5, 5.41) is 0. The molecule has 0 unspecified atom stereocenters. The smallest absolute Gasteiger partial charge is 0.166 e. The summed E-state index contributed by atoms with van der Waals surface area (Å²) in [5.74, 6) is -2.24. The summed E-state index contributed by atoms with van der Waals surface area (Å²) >= 11 is 0. The highest BCUT2D eigenvalue weighted by Gasteiger charge is 2.21. The Morgan fingerprint density at radius 3 is 2.53 bits per heavy atom. The third-order valence-corrected chi connectivity index (χ3v) is 3.06. The van der Waals surface area contributed by atoms with Gasteiger partial charge in [-0.3, -0.25) is 4.79 Å². The molecular formula is C13H16F2N2O2. The van der Waals surface area contributed by atoms with Crippen LogP contribution in [-0.2, 0) is 4.74 Å². The van der Waals surface area contributed by atoms with Gasteiger partial charge in [0.05, 0.1) is 18.9 Å². The Morgan fingerprint density at radius 2 is 1.89 bits per heavy atom. The Kier molecular flexibility index (Phi) is 4.44. The maximum absolute atomic E-state index is 13.4.